The van der Waals surface area contributed by atoms with E-state index in [0.717, 1.165) is 44.7 Å². The summed E-state index contributed by atoms with van der Waals surface area (Å²) in [6.07, 6.45) is 4.67. The van der Waals surface area contributed by atoms with Gasteiger partial charge in [-0.2, -0.15) is 4.80 Å². The molecule has 0 aliphatic carbocycles. The van der Waals surface area contributed by atoms with Gasteiger partial charge in [0.15, 0.2) is 0 Å². The van der Waals surface area contributed by atoms with Crippen molar-refractivity contribution < 1.29 is 4.79 Å². The van der Waals surface area contributed by atoms with E-state index >= 15 is 0 Å². The van der Waals surface area contributed by atoms with Crippen molar-refractivity contribution in [3.63, 3.8) is 0 Å². The number of rotatable bonds is 6. The van der Waals surface area contributed by atoms with Gasteiger partial charge in [0.2, 0.25) is 5.82 Å². The first-order valence-electron chi connectivity index (χ1n) is 10.4. The average Bonchev–Trinajstić information content (AvgIpc) is 3.29. The molecule has 8 heteroatoms. The zero-order chi connectivity index (χ0) is 20.9. The van der Waals surface area contributed by atoms with Gasteiger partial charge in [0.1, 0.15) is 0 Å². The van der Waals surface area contributed by atoms with Crippen molar-refractivity contribution >= 4 is 5.91 Å². The molecule has 1 aliphatic rings. The van der Waals surface area contributed by atoms with Gasteiger partial charge in [-0.05, 0) is 55.3 Å². The number of benzene rings is 1. The number of piperazine rings is 1. The standard InChI is InChI=1S/C22H27N7O/c1-17(2)29-25-21(24-26-29)19-3-5-20(6-4-19)22(30)28-15-13-27(14-16-28)12-9-18-7-10-23-11-8-18/h3-8,10-11,17H,9,12-16H2,1-2H3. The van der Waals surface area contributed by atoms with Crippen molar-refractivity contribution in [3.05, 3.63) is 59.9 Å². The second kappa shape index (κ2) is 9.13. The first-order valence-corrected chi connectivity index (χ1v) is 10.4. The number of amides is 1. The van der Waals surface area contributed by atoms with Crippen molar-refractivity contribution in [2.24, 2.45) is 0 Å². The maximum atomic E-state index is 12.9. The van der Waals surface area contributed by atoms with E-state index in [9.17, 15) is 4.79 Å². The first kappa shape index (κ1) is 20.2. The lowest BCUT2D eigenvalue weighted by Gasteiger charge is -2.34. The Morgan fingerprint density at radius 3 is 2.33 bits per heavy atom. The van der Waals surface area contributed by atoms with Gasteiger partial charge in [0, 0.05) is 56.2 Å². The van der Waals surface area contributed by atoms with Gasteiger partial charge in [-0.3, -0.25) is 14.7 Å². The molecule has 1 aliphatic heterocycles. The molecule has 1 aromatic carbocycles. The second-order valence-corrected chi connectivity index (χ2v) is 7.84. The third-order valence-corrected chi connectivity index (χ3v) is 5.41. The summed E-state index contributed by atoms with van der Waals surface area (Å²) in [6.45, 7) is 8.32. The van der Waals surface area contributed by atoms with Gasteiger partial charge in [0.05, 0.1) is 6.04 Å². The Labute approximate surface area is 176 Å². The zero-order valence-electron chi connectivity index (χ0n) is 17.5. The minimum Gasteiger partial charge on any atom is -0.336 e. The topological polar surface area (TPSA) is 80.0 Å². The van der Waals surface area contributed by atoms with E-state index in [1.807, 2.05) is 55.4 Å². The minimum absolute atomic E-state index is 0.0779. The molecule has 1 saturated heterocycles. The molecule has 3 aromatic rings. The Hall–Kier alpha value is -3.13. The molecule has 8 nitrogen and oxygen atoms in total. The number of tetrazole rings is 1. The molecule has 3 heterocycles. The van der Waals surface area contributed by atoms with Crippen molar-refractivity contribution in [1.29, 1.82) is 0 Å². The average molecular weight is 406 g/mol. The van der Waals surface area contributed by atoms with Crippen LogP contribution in [0.25, 0.3) is 11.4 Å². The fourth-order valence-corrected chi connectivity index (χ4v) is 3.52. The fourth-order valence-electron chi connectivity index (χ4n) is 3.52. The molecule has 1 amide bonds. The molecule has 4 rings (SSSR count). The quantitative estimate of drug-likeness (QED) is 0.626. The largest absolute Gasteiger partial charge is 0.336 e. The molecule has 0 N–H and O–H groups in total. The number of nitrogens with zero attached hydrogens (tertiary/aromatic N) is 7. The lowest BCUT2D eigenvalue weighted by Crippen LogP contribution is -2.49. The number of carbonyl (C=O) groups is 1. The molecule has 30 heavy (non-hydrogen) atoms. The van der Waals surface area contributed by atoms with Crippen molar-refractivity contribution in [2.45, 2.75) is 26.3 Å². The third kappa shape index (κ3) is 4.71. The molecule has 156 valence electrons. The van der Waals surface area contributed by atoms with Crippen LogP contribution in [0.5, 0.6) is 0 Å². The Bertz CT molecular complexity index is 961. The van der Waals surface area contributed by atoms with Crippen molar-refractivity contribution in [1.82, 2.24) is 35.0 Å². The van der Waals surface area contributed by atoms with Gasteiger partial charge >= 0.3 is 0 Å². The molecule has 0 bridgehead atoms. The van der Waals surface area contributed by atoms with Gasteiger partial charge < -0.3 is 4.90 Å². The number of carbonyl (C=O) groups excluding carboxylic acids is 1. The molecular formula is C22H27N7O. The van der Waals surface area contributed by atoms with Crippen LogP contribution in [0, 0.1) is 0 Å². The van der Waals surface area contributed by atoms with Crippen LogP contribution in [0.2, 0.25) is 0 Å². The van der Waals surface area contributed by atoms with E-state index in [2.05, 4.69) is 37.4 Å². The fraction of sp³-hybridized carbons (Fsp3) is 0.409. The molecule has 0 spiro atoms. The normalized spacial score (nSPS) is 15.0. The number of hydrogen-bond acceptors (Lipinski definition) is 6. The van der Waals surface area contributed by atoms with E-state index in [0.29, 0.717) is 11.4 Å². The Kier molecular flexibility index (Phi) is 6.13. The van der Waals surface area contributed by atoms with Crippen molar-refractivity contribution in [2.75, 3.05) is 32.7 Å². The van der Waals surface area contributed by atoms with Gasteiger partial charge in [0.25, 0.3) is 5.91 Å². The van der Waals surface area contributed by atoms with Gasteiger partial charge in [-0.25, -0.2) is 0 Å². The number of pyridine rings is 1. The lowest BCUT2D eigenvalue weighted by atomic mass is 10.1. The molecule has 2 aromatic heterocycles. The molecule has 0 radical (unpaired) electrons. The molecular weight excluding hydrogens is 378 g/mol. The minimum atomic E-state index is 0.0779. The first-order chi connectivity index (χ1) is 14.6. The highest BCUT2D eigenvalue weighted by atomic mass is 16.2. The van der Waals surface area contributed by atoms with E-state index in [-0.39, 0.29) is 11.9 Å². The van der Waals surface area contributed by atoms with Gasteiger partial charge in [-0.1, -0.05) is 12.1 Å². The smallest absolute Gasteiger partial charge is 0.253 e. The Balaban J connectivity index is 1.30. The number of hydrogen-bond donors (Lipinski definition) is 0. The maximum absolute atomic E-state index is 12.9. The number of aromatic nitrogens is 5. The Morgan fingerprint density at radius 1 is 1.00 bits per heavy atom. The summed E-state index contributed by atoms with van der Waals surface area (Å²) in [5, 5.41) is 12.5. The monoisotopic (exact) mass is 405 g/mol. The summed E-state index contributed by atoms with van der Waals surface area (Å²) in [6, 6.07) is 11.8. The molecule has 0 unspecified atom stereocenters. The summed E-state index contributed by atoms with van der Waals surface area (Å²) in [7, 11) is 0. The van der Waals surface area contributed by atoms with Crippen LogP contribution < -0.4 is 0 Å². The third-order valence-electron chi connectivity index (χ3n) is 5.41. The highest BCUT2D eigenvalue weighted by Crippen LogP contribution is 2.17. The van der Waals surface area contributed by atoms with E-state index in [1.165, 1.54) is 5.56 Å². The summed E-state index contributed by atoms with van der Waals surface area (Å²) in [4.78, 5) is 22.9. The highest BCUT2D eigenvalue weighted by Gasteiger charge is 2.22. The predicted molar refractivity (Wildman–Crippen MR) is 114 cm³/mol. The maximum Gasteiger partial charge on any atom is 0.253 e. The van der Waals surface area contributed by atoms with E-state index in [1.54, 1.807) is 4.80 Å². The Morgan fingerprint density at radius 2 is 1.70 bits per heavy atom. The van der Waals surface area contributed by atoms with Crippen LogP contribution in [0.1, 0.15) is 35.8 Å². The van der Waals surface area contributed by atoms with E-state index < -0.39 is 0 Å². The van der Waals surface area contributed by atoms with Gasteiger partial charge in [-0.15, -0.1) is 10.2 Å². The van der Waals surface area contributed by atoms with E-state index in [4.69, 9.17) is 0 Å². The summed E-state index contributed by atoms with van der Waals surface area (Å²) >= 11 is 0. The summed E-state index contributed by atoms with van der Waals surface area (Å²) in [5.41, 5.74) is 2.85. The molecule has 0 saturated carbocycles. The van der Waals surface area contributed by atoms with Crippen LogP contribution >= 0.6 is 0 Å². The molecule has 1 fully saturated rings. The molecule has 0 atom stereocenters. The predicted octanol–water partition coefficient (Wildman–Crippen LogP) is 2.32. The van der Waals surface area contributed by atoms with Crippen LogP contribution in [0.4, 0.5) is 0 Å². The van der Waals surface area contributed by atoms with Crippen LogP contribution in [0.15, 0.2) is 48.8 Å². The van der Waals surface area contributed by atoms with Crippen LogP contribution in [0.3, 0.4) is 0 Å². The lowest BCUT2D eigenvalue weighted by molar-refractivity contribution is 0.0638. The zero-order valence-corrected chi connectivity index (χ0v) is 17.5. The highest BCUT2D eigenvalue weighted by molar-refractivity contribution is 5.94. The van der Waals surface area contributed by atoms with Crippen molar-refractivity contribution in [3.8, 4) is 11.4 Å². The SMILES string of the molecule is CC(C)n1nnc(-c2ccc(C(=O)N3CCN(CCc4ccncc4)CC3)cc2)n1. The summed E-state index contributed by atoms with van der Waals surface area (Å²) in [5.74, 6) is 0.652. The van der Waals surface area contributed by atoms with Crippen LogP contribution in [-0.2, 0) is 6.42 Å². The van der Waals surface area contributed by atoms with Crippen LogP contribution in [-0.4, -0.2) is 73.6 Å². The second-order valence-electron chi connectivity index (χ2n) is 7.84. The summed E-state index contributed by atoms with van der Waals surface area (Å²) < 4.78 is 0.